The van der Waals surface area contributed by atoms with Crippen LogP contribution in [0.2, 0.25) is 0 Å². The molecular weight excluding hydrogens is 239 g/mol. The first-order valence-electron chi connectivity index (χ1n) is 2.61. The van der Waals surface area contributed by atoms with Gasteiger partial charge in [0.25, 0.3) is 0 Å². The van der Waals surface area contributed by atoms with E-state index in [0.29, 0.717) is 4.48 Å². The standard InChI is InChI=1S/C4H8BrO5P/c5-4(3-6)1-2-10-11(7,8)9/h1,6H,2-3H2,(H2,7,8,9)/b4-1-. The molecule has 7 heteroatoms. The van der Waals surface area contributed by atoms with Crippen molar-refractivity contribution < 1.29 is 24.0 Å². The van der Waals surface area contributed by atoms with E-state index in [2.05, 4.69) is 20.5 Å². The van der Waals surface area contributed by atoms with Gasteiger partial charge in [-0.05, 0) is 6.08 Å². The van der Waals surface area contributed by atoms with Crippen molar-refractivity contribution in [1.29, 1.82) is 0 Å². The van der Waals surface area contributed by atoms with Crippen LogP contribution in [0.3, 0.4) is 0 Å². The summed E-state index contributed by atoms with van der Waals surface area (Å²) < 4.78 is 14.5. The summed E-state index contributed by atoms with van der Waals surface area (Å²) >= 11 is 2.92. The zero-order valence-corrected chi connectivity index (χ0v) is 7.96. The van der Waals surface area contributed by atoms with Crippen LogP contribution in [0.25, 0.3) is 0 Å². The van der Waals surface area contributed by atoms with Crippen LogP contribution in [0.1, 0.15) is 0 Å². The quantitative estimate of drug-likeness (QED) is 0.624. The van der Waals surface area contributed by atoms with Crippen LogP contribution in [0.15, 0.2) is 10.6 Å². The number of aliphatic hydroxyl groups excluding tert-OH is 1. The molecule has 0 spiro atoms. The third kappa shape index (κ3) is 8.19. The van der Waals surface area contributed by atoms with Gasteiger partial charge >= 0.3 is 7.82 Å². The lowest BCUT2D eigenvalue weighted by Crippen LogP contribution is -1.90. The molecule has 0 fully saturated rings. The second-order valence-electron chi connectivity index (χ2n) is 1.60. The molecule has 0 atom stereocenters. The molecule has 66 valence electrons. The molecule has 0 saturated heterocycles. The number of phosphoric ester groups is 1. The maximum atomic E-state index is 10.1. The van der Waals surface area contributed by atoms with Crippen molar-refractivity contribution in [3.05, 3.63) is 10.6 Å². The number of phosphoric acid groups is 1. The van der Waals surface area contributed by atoms with Crippen LogP contribution >= 0.6 is 23.8 Å². The van der Waals surface area contributed by atoms with Crippen molar-refractivity contribution in [1.82, 2.24) is 0 Å². The van der Waals surface area contributed by atoms with E-state index < -0.39 is 7.82 Å². The Morgan fingerprint density at radius 1 is 1.64 bits per heavy atom. The summed E-state index contributed by atoms with van der Waals surface area (Å²) in [5.74, 6) is 0. The van der Waals surface area contributed by atoms with Gasteiger partial charge < -0.3 is 14.9 Å². The Bertz CT molecular complexity index is 185. The van der Waals surface area contributed by atoms with Crippen molar-refractivity contribution in [3.8, 4) is 0 Å². The summed E-state index contributed by atoms with van der Waals surface area (Å²) in [7, 11) is -4.38. The zero-order chi connectivity index (χ0) is 8.91. The van der Waals surface area contributed by atoms with Gasteiger partial charge in [-0.2, -0.15) is 0 Å². The van der Waals surface area contributed by atoms with Gasteiger partial charge in [0.1, 0.15) is 0 Å². The van der Waals surface area contributed by atoms with E-state index in [4.69, 9.17) is 14.9 Å². The van der Waals surface area contributed by atoms with Crippen molar-refractivity contribution >= 4 is 23.8 Å². The van der Waals surface area contributed by atoms with E-state index in [0.717, 1.165) is 0 Å². The molecule has 0 saturated carbocycles. The highest BCUT2D eigenvalue weighted by atomic mass is 79.9. The lowest BCUT2D eigenvalue weighted by molar-refractivity contribution is 0.215. The van der Waals surface area contributed by atoms with Crippen molar-refractivity contribution in [2.24, 2.45) is 0 Å². The summed E-state index contributed by atoms with van der Waals surface area (Å²) in [6.45, 7) is -0.448. The number of halogens is 1. The molecule has 0 aliphatic heterocycles. The largest absolute Gasteiger partial charge is 0.469 e. The fraction of sp³-hybridized carbons (Fsp3) is 0.500. The van der Waals surface area contributed by atoms with Gasteiger partial charge in [0.05, 0.1) is 13.2 Å². The molecule has 11 heavy (non-hydrogen) atoms. The minimum absolute atomic E-state index is 0.218. The molecule has 0 rings (SSSR count). The minimum Gasteiger partial charge on any atom is -0.391 e. The molecule has 0 aliphatic rings. The van der Waals surface area contributed by atoms with Crippen molar-refractivity contribution in [2.45, 2.75) is 0 Å². The Morgan fingerprint density at radius 3 is 2.55 bits per heavy atom. The average molecular weight is 247 g/mol. The van der Waals surface area contributed by atoms with Gasteiger partial charge in [-0.15, -0.1) is 0 Å². The topological polar surface area (TPSA) is 87.0 Å². The van der Waals surface area contributed by atoms with E-state index in [-0.39, 0.29) is 13.2 Å². The minimum atomic E-state index is -4.38. The van der Waals surface area contributed by atoms with Gasteiger partial charge in [0.2, 0.25) is 0 Å². The second kappa shape index (κ2) is 5.03. The van der Waals surface area contributed by atoms with Gasteiger partial charge in [-0.1, -0.05) is 15.9 Å². The Kier molecular flexibility index (Phi) is 5.16. The predicted octanol–water partition coefficient (Wildman–Crippen LogP) is 0.367. The van der Waals surface area contributed by atoms with Crippen molar-refractivity contribution in [2.75, 3.05) is 13.2 Å². The number of aliphatic hydroxyl groups is 1. The fourth-order valence-corrected chi connectivity index (χ4v) is 0.690. The predicted molar refractivity (Wildman–Crippen MR) is 42.1 cm³/mol. The smallest absolute Gasteiger partial charge is 0.391 e. The van der Waals surface area contributed by atoms with Crippen LogP contribution in [0.5, 0.6) is 0 Å². The SMILES string of the molecule is O=P(O)(O)OC/C=C(\Br)CO. The number of hydrogen-bond donors (Lipinski definition) is 3. The average Bonchev–Trinajstić information content (AvgIpc) is 1.85. The van der Waals surface area contributed by atoms with E-state index in [1.165, 1.54) is 6.08 Å². The maximum absolute atomic E-state index is 10.1. The summed E-state index contributed by atoms with van der Waals surface area (Å²) in [6, 6.07) is 0. The summed E-state index contributed by atoms with van der Waals surface area (Å²) in [6.07, 6.45) is 1.32. The van der Waals surface area contributed by atoms with E-state index >= 15 is 0 Å². The molecule has 3 N–H and O–H groups in total. The Labute approximate surface area is 72.1 Å². The summed E-state index contributed by atoms with van der Waals surface area (Å²) in [5.41, 5.74) is 0. The molecule has 0 aliphatic carbocycles. The number of hydrogen-bond acceptors (Lipinski definition) is 3. The first-order valence-corrected chi connectivity index (χ1v) is 4.93. The van der Waals surface area contributed by atoms with Crippen LogP contribution in [-0.2, 0) is 9.09 Å². The van der Waals surface area contributed by atoms with Gasteiger partial charge in [-0.25, -0.2) is 4.57 Å². The molecule has 5 nitrogen and oxygen atoms in total. The lowest BCUT2D eigenvalue weighted by atomic mass is 10.5. The fourth-order valence-electron chi connectivity index (χ4n) is 0.289. The second-order valence-corrected chi connectivity index (χ2v) is 3.85. The highest BCUT2D eigenvalue weighted by Crippen LogP contribution is 2.35. The molecular formula is C4H8BrO5P. The van der Waals surface area contributed by atoms with Gasteiger partial charge in [-0.3, -0.25) is 4.52 Å². The van der Waals surface area contributed by atoms with Crippen LogP contribution < -0.4 is 0 Å². The third-order valence-corrected chi connectivity index (χ3v) is 1.76. The molecule has 0 aromatic rings. The van der Waals surface area contributed by atoms with Crippen molar-refractivity contribution in [3.63, 3.8) is 0 Å². The molecule has 0 unspecified atom stereocenters. The number of rotatable bonds is 4. The molecule has 0 heterocycles. The third-order valence-electron chi connectivity index (χ3n) is 0.699. The molecule has 0 aromatic carbocycles. The highest BCUT2D eigenvalue weighted by Gasteiger charge is 2.11. The Balaban J connectivity index is 3.66. The van der Waals surface area contributed by atoms with Gasteiger partial charge in [0, 0.05) is 4.48 Å². The molecule has 0 aromatic heterocycles. The van der Waals surface area contributed by atoms with Crippen LogP contribution in [0, 0.1) is 0 Å². The lowest BCUT2D eigenvalue weighted by Gasteiger charge is -2.00. The maximum Gasteiger partial charge on any atom is 0.469 e. The molecule has 0 radical (unpaired) electrons. The first kappa shape index (κ1) is 11.3. The zero-order valence-electron chi connectivity index (χ0n) is 5.47. The van der Waals surface area contributed by atoms with Crippen LogP contribution in [-0.4, -0.2) is 28.1 Å². The van der Waals surface area contributed by atoms with E-state index in [1.54, 1.807) is 0 Å². The van der Waals surface area contributed by atoms with Crippen LogP contribution in [0.4, 0.5) is 0 Å². The summed E-state index contributed by atoms with van der Waals surface area (Å²) in [4.78, 5) is 16.4. The highest BCUT2D eigenvalue weighted by molar-refractivity contribution is 9.11. The van der Waals surface area contributed by atoms with E-state index in [9.17, 15) is 4.57 Å². The Hall–Kier alpha value is 0.290. The Morgan fingerprint density at radius 2 is 2.18 bits per heavy atom. The molecule has 0 amide bonds. The monoisotopic (exact) mass is 246 g/mol. The van der Waals surface area contributed by atoms with Gasteiger partial charge in [0.15, 0.2) is 0 Å². The molecule has 0 bridgehead atoms. The normalized spacial score (nSPS) is 13.6. The summed E-state index contributed by atoms with van der Waals surface area (Å²) in [5, 5.41) is 8.40. The first-order chi connectivity index (χ1) is 4.95. The van der Waals surface area contributed by atoms with E-state index in [1.807, 2.05) is 0 Å².